The van der Waals surface area contributed by atoms with E-state index >= 15 is 0 Å². The standard InChI is InChI=1S/C14H20N6O2/c1-2-4-17-14(22)18-12(21)11-19-7-9-20(10-8-19)13-15-5-3-6-16-13/h2-3,5-6H,1,4,7-11H2,(H2,17,18,21,22). The van der Waals surface area contributed by atoms with Gasteiger partial charge in [0.25, 0.3) is 0 Å². The van der Waals surface area contributed by atoms with Crippen LogP contribution in [0, 0.1) is 0 Å². The number of aromatic nitrogens is 2. The van der Waals surface area contributed by atoms with Crippen LogP contribution in [0.2, 0.25) is 0 Å². The number of carbonyl (C=O) groups excluding carboxylic acids is 2. The number of urea groups is 1. The van der Waals surface area contributed by atoms with Crippen molar-refractivity contribution in [2.75, 3.05) is 44.2 Å². The minimum Gasteiger partial charge on any atom is -0.338 e. The summed E-state index contributed by atoms with van der Waals surface area (Å²) in [4.78, 5) is 35.6. The van der Waals surface area contributed by atoms with E-state index in [0.717, 1.165) is 26.2 Å². The number of rotatable bonds is 5. The average molecular weight is 304 g/mol. The van der Waals surface area contributed by atoms with E-state index < -0.39 is 6.03 Å². The highest BCUT2D eigenvalue weighted by molar-refractivity contribution is 5.95. The van der Waals surface area contributed by atoms with Gasteiger partial charge in [0.1, 0.15) is 0 Å². The Balaban J connectivity index is 1.72. The van der Waals surface area contributed by atoms with Gasteiger partial charge in [0.2, 0.25) is 11.9 Å². The number of anilines is 1. The molecule has 1 aliphatic heterocycles. The van der Waals surface area contributed by atoms with Gasteiger partial charge < -0.3 is 10.2 Å². The van der Waals surface area contributed by atoms with E-state index in [0.29, 0.717) is 12.5 Å². The molecule has 0 bridgehead atoms. The van der Waals surface area contributed by atoms with Crippen molar-refractivity contribution in [3.8, 4) is 0 Å². The van der Waals surface area contributed by atoms with E-state index in [1.54, 1.807) is 24.5 Å². The summed E-state index contributed by atoms with van der Waals surface area (Å²) in [6.07, 6.45) is 4.98. The maximum atomic E-state index is 11.8. The Morgan fingerprint density at radius 1 is 1.23 bits per heavy atom. The minimum atomic E-state index is -0.499. The fourth-order valence-electron chi connectivity index (χ4n) is 2.14. The van der Waals surface area contributed by atoms with E-state index in [-0.39, 0.29) is 12.5 Å². The second-order valence-electron chi connectivity index (χ2n) is 4.86. The highest BCUT2D eigenvalue weighted by atomic mass is 16.2. The molecule has 3 amide bonds. The molecule has 0 atom stereocenters. The summed E-state index contributed by atoms with van der Waals surface area (Å²) in [6.45, 7) is 6.96. The van der Waals surface area contributed by atoms with Crippen LogP contribution in [0.5, 0.6) is 0 Å². The zero-order chi connectivity index (χ0) is 15.8. The van der Waals surface area contributed by atoms with Crippen LogP contribution in [0.1, 0.15) is 0 Å². The highest BCUT2D eigenvalue weighted by Crippen LogP contribution is 2.09. The van der Waals surface area contributed by atoms with Gasteiger partial charge in [-0.25, -0.2) is 14.8 Å². The van der Waals surface area contributed by atoms with E-state index in [2.05, 4.69) is 32.1 Å². The molecule has 1 aliphatic rings. The zero-order valence-corrected chi connectivity index (χ0v) is 12.4. The number of imide groups is 1. The first-order chi connectivity index (χ1) is 10.7. The largest absolute Gasteiger partial charge is 0.338 e. The molecule has 118 valence electrons. The van der Waals surface area contributed by atoms with E-state index in [1.165, 1.54) is 0 Å². The van der Waals surface area contributed by atoms with Gasteiger partial charge in [-0.15, -0.1) is 6.58 Å². The molecule has 0 saturated carbocycles. The van der Waals surface area contributed by atoms with Crippen LogP contribution in [0.15, 0.2) is 31.1 Å². The molecular formula is C14H20N6O2. The molecule has 1 fully saturated rings. The smallest absolute Gasteiger partial charge is 0.321 e. The molecule has 1 aromatic heterocycles. The van der Waals surface area contributed by atoms with Crippen molar-refractivity contribution in [2.24, 2.45) is 0 Å². The lowest BCUT2D eigenvalue weighted by Gasteiger charge is -2.34. The molecule has 1 aromatic rings. The zero-order valence-electron chi connectivity index (χ0n) is 12.4. The Hall–Kier alpha value is -2.48. The van der Waals surface area contributed by atoms with Gasteiger partial charge in [0, 0.05) is 45.1 Å². The quantitative estimate of drug-likeness (QED) is 0.720. The van der Waals surface area contributed by atoms with E-state index in [4.69, 9.17) is 0 Å². The van der Waals surface area contributed by atoms with Crippen molar-refractivity contribution in [3.63, 3.8) is 0 Å². The van der Waals surface area contributed by atoms with Crippen LogP contribution in [-0.4, -0.2) is 66.1 Å². The average Bonchev–Trinajstić information content (AvgIpc) is 2.54. The molecule has 22 heavy (non-hydrogen) atoms. The Morgan fingerprint density at radius 3 is 2.55 bits per heavy atom. The summed E-state index contributed by atoms with van der Waals surface area (Å²) in [5.41, 5.74) is 0. The lowest BCUT2D eigenvalue weighted by Crippen LogP contribution is -2.51. The number of carbonyl (C=O) groups is 2. The van der Waals surface area contributed by atoms with Crippen LogP contribution in [0.4, 0.5) is 10.7 Å². The molecule has 0 aromatic carbocycles. The number of nitrogens with one attached hydrogen (secondary N) is 2. The fraction of sp³-hybridized carbons (Fsp3) is 0.429. The Labute approximate surface area is 129 Å². The van der Waals surface area contributed by atoms with Crippen molar-refractivity contribution in [1.82, 2.24) is 25.5 Å². The van der Waals surface area contributed by atoms with Crippen molar-refractivity contribution < 1.29 is 9.59 Å². The number of hydrogen-bond acceptors (Lipinski definition) is 6. The molecule has 0 aliphatic carbocycles. The first kappa shape index (κ1) is 15.9. The van der Waals surface area contributed by atoms with Crippen LogP contribution < -0.4 is 15.5 Å². The van der Waals surface area contributed by atoms with Crippen molar-refractivity contribution >= 4 is 17.9 Å². The Morgan fingerprint density at radius 2 is 1.91 bits per heavy atom. The lowest BCUT2D eigenvalue weighted by molar-refractivity contribution is -0.121. The molecular weight excluding hydrogens is 284 g/mol. The Kier molecular flexibility index (Phi) is 5.84. The van der Waals surface area contributed by atoms with Crippen LogP contribution in [-0.2, 0) is 4.79 Å². The normalized spacial score (nSPS) is 15.2. The molecule has 2 heterocycles. The lowest BCUT2D eigenvalue weighted by atomic mass is 10.3. The summed E-state index contributed by atoms with van der Waals surface area (Å²) in [5.74, 6) is 0.390. The SMILES string of the molecule is C=CCNC(=O)NC(=O)CN1CCN(c2ncccn2)CC1. The van der Waals surface area contributed by atoms with Gasteiger partial charge in [-0.1, -0.05) is 6.08 Å². The second kappa shape index (κ2) is 8.08. The van der Waals surface area contributed by atoms with Crippen molar-refractivity contribution in [1.29, 1.82) is 0 Å². The number of amides is 3. The van der Waals surface area contributed by atoms with Crippen molar-refractivity contribution in [2.45, 2.75) is 0 Å². The van der Waals surface area contributed by atoms with Gasteiger partial charge in [-0.2, -0.15) is 0 Å². The molecule has 8 nitrogen and oxygen atoms in total. The molecule has 2 rings (SSSR count). The molecule has 0 radical (unpaired) electrons. The molecule has 0 spiro atoms. The molecule has 2 N–H and O–H groups in total. The number of nitrogens with zero attached hydrogens (tertiary/aromatic N) is 4. The predicted molar refractivity (Wildman–Crippen MR) is 82.4 cm³/mol. The molecule has 8 heteroatoms. The van der Waals surface area contributed by atoms with Gasteiger partial charge in [-0.3, -0.25) is 15.0 Å². The van der Waals surface area contributed by atoms with Crippen LogP contribution >= 0.6 is 0 Å². The topological polar surface area (TPSA) is 90.5 Å². The summed E-state index contributed by atoms with van der Waals surface area (Å²) in [5, 5.41) is 4.79. The fourth-order valence-corrected chi connectivity index (χ4v) is 2.14. The number of piperazine rings is 1. The van der Waals surface area contributed by atoms with E-state index in [1.807, 2.05) is 4.90 Å². The summed E-state index contributed by atoms with van der Waals surface area (Å²) in [6, 6.07) is 1.28. The number of hydrogen-bond donors (Lipinski definition) is 2. The predicted octanol–water partition coefficient (Wildman–Crippen LogP) is -0.390. The van der Waals surface area contributed by atoms with Crippen LogP contribution in [0.3, 0.4) is 0 Å². The third-order valence-electron chi connectivity index (χ3n) is 3.23. The molecule has 1 saturated heterocycles. The third kappa shape index (κ3) is 4.81. The second-order valence-corrected chi connectivity index (χ2v) is 4.86. The molecule has 0 unspecified atom stereocenters. The Bertz CT molecular complexity index is 513. The van der Waals surface area contributed by atoms with Gasteiger partial charge in [-0.05, 0) is 6.07 Å². The van der Waals surface area contributed by atoms with Gasteiger partial charge in [0.15, 0.2) is 0 Å². The van der Waals surface area contributed by atoms with Crippen LogP contribution in [0.25, 0.3) is 0 Å². The highest BCUT2D eigenvalue weighted by Gasteiger charge is 2.20. The summed E-state index contributed by atoms with van der Waals surface area (Å²) in [7, 11) is 0. The minimum absolute atomic E-state index is 0.199. The van der Waals surface area contributed by atoms with Crippen molar-refractivity contribution in [3.05, 3.63) is 31.1 Å². The maximum Gasteiger partial charge on any atom is 0.321 e. The monoisotopic (exact) mass is 304 g/mol. The van der Waals surface area contributed by atoms with Gasteiger partial charge in [0.05, 0.1) is 6.54 Å². The first-order valence-corrected chi connectivity index (χ1v) is 7.12. The summed E-state index contributed by atoms with van der Waals surface area (Å²) >= 11 is 0. The maximum absolute atomic E-state index is 11.8. The summed E-state index contributed by atoms with van der Waals surface area (Å²) < 4.78 is 0. The van der Waals surface area contributed by atoms with Gasteiger partial charge >= 0.3 is 6.03 Å². The van der Waals surface area contributed by atoms with E-state index in [9.17, 15) is 9.59 Å². The first-order valence-electron chi connectivity index (χ1n) is 7.12. The third-order valence-corrected chi connectivity index (χ3v) is 3.23.